The van der Waals surface area contributed by atoms with E-state index in [0.29, 0.717) is 0 Å². The molecule has 0 bridgehead atoms. The normalized spacial score (nSPS) is 8.26. The topological polar surface area (TPSA) is 28.2 Å². The average Bonchev–Trinajstić information content (AvgIpc) is 2.45. The Labute approximate surface area is 181 Å². The van der Waals surface area contributed by atoms with E-state index in [9.17, 15) is 0 Å². The third-order valence-corrected chi connectivity index (χ3v) is 3.63. The maximum Gasteiger partial charge on any atom is 4.00 e. The molecule has 0 spiro atoms. The van der Waals surface area contributed by atoms with E-state index in [1.165, 1.54) is 22.3 Å². The van der Waals surface area contributed by atoms with Gasteiger partial charge in [-0.1, -0.05) is 47.5 Å². The summed E-state index contributed by atoms with van der Waals surface area (Å²) in [5.74, 6) is 0. The molecule has 0 atom stereocenters. The van der Waals surface area contributed by atoms with Gasteiger partial charge < -0.3 is 44.6 Å². The largest absolute Gasteiger partial charge is 4.00 e. The molecule has 2 aromatic carbocycles. The predicted molar refractivity (Wildman–Crippen MR) is 89.7 cm³/mol. The Morgan fingerprint density at radius 2 is 0.913 bits per heavy atom. The van der Waals surface area contributed by atoms with Gasteiger partial charge >= 0.3 is 25.8 Å². The monoisotopic (exact) mass is 606 g/mol. The van der Waals surface area contributed by atoms with E-state index in [2.05, 4.69) is 50.5 Å². The number of hydrogen-bond donors (Lipinski definition) is 0. The van der Waals surface area contributed by atoms with Crippen molar-refractivity contribution in [3.8, 4) is 0 Å². The van der Waals surface area contributed by atoms with Gasteiger partial charge in [0.25, 0.3) is 0 Å². The second kappa shape index (κ2) is 14.2. The van der Waals surface area contributed by atoms with Crippen molar-refractivity contribution in [3.63, 3.8) is 0 Å². The van der Waals surface area contributed by atoms with Crippen molar-refractivity contribution in [1.82, 2.24) is 0 Å². The van der Waals surface area contributed by atoms with Crippen molar-refractivity contribution in [2.75, 3.05) is 14.1 Å². The average molecular weight is 607 g/mol. The van der Waals surface area contributed by atoms with Crippen LogP contribution in [0.1, 0.15) is 22.3 Å². The Balaban J connectivity index is -0.000000308. The molecule has 0 radical (unpaired) electrons. The summed E-state index contributed by atoms with van der Waals surface area (Å²) in [6.45, 7) is 8.39. The van der Waals surface area contributed by atoms with Crippen LogP contribution in [0, 0.1) is 27.7 Å². The Morgan fingerprint density at radius 1 is 0.609 bits per heavy atom. The van der Waals surface area contributed by atoms with E-state index < -0.39 is 0 Å². The first-order valence-electron chi connectivity index (χ1n) is 6.83. The van der Waals surface area contributed by atoms with Gasteiger partial charge in [0.05, 0.1) is 0 Å². The molecular formula is C18H24Br2HfN2. The Morgan fingerprint density at radius 3 is 1.13 bits per heavy atom. The summed E-state index contributed by atoms with van der Waals surface area (Å²) in [7, 11) is 3.64. The zero-order valence-corrected chi connectivity index (χ0v) is 21.4. The summed E-state index contributed by atoms with van der Waals surface area (Å²) in [6.07, 6.45) is 0. The first kappa shape index (κ1) is 27.7. The number of nitrogens with zero attached hydrogens (tertiary/aromatic N) is 2. The van der Waals surface area contributed by atoms with Gasteiger partial charge in [-0.25, -0.2) is 0 Å². The molecule has 0 N–H and O–H groups in total. The van der Waals surface area contributed by atoms with Gasteiger partial charge in [0.15, 0.2) is 0 Å². The van der Waals surface area contributed by atoms with Crippen LogP contribution in [0.2, 0.25) is 0 Å². The third kappa shape index (κ3) is 8.50. The summed E-state index contributed by atoms with van der Waals surface area (Å²) in [6, 6.07) is 12.3. The van der Waals surface area contributed by atoms with Crippen LogP contribution >= 0.6 is 0 Å². The van der Waals surface area contributed by atoms with Gasteiger partial charge in [-0.05, 0) is 38.8 Å². The van der Waals surface area contributed by atoms with E-state index in [1.807, 2.05) is 38.4 Å². The predicted octanol–water partition coefficient (Wildman–Crippen LogP) is -0.118. The van der Waals surface area contributed by atoms with Crippen molar-refractivity contribution in [2.45, 2.75) is 27.7 Å². The van der Waals surface area contributed by atoms with Crippen LogP contribution in [0.25, 0.3) is 10.6 Å². The van der Waals surface area contributed by atoms with Crippen LogP contribution in [0.5, 0.6) is 0 Å². The quantitative estimate of drug-likeness (QED) is 0.427. The summed E-state index contributed by atoms with van der Waals surface area (Å²) >= 11 is 0. The fraction of sp³-hybridized carbons (Fsp3) is 0.333. The van der Waals surface area contributed by atoms with Crippen LogP contribution in [0.3, 0.4) is 0 Å². The summed E-state index contributed by atoms with van der Waals surface area (Å²) in [4.78, 5) is 0. The van der Waals surface area contributed by atoms with E-state index in [0.717, 1.165) is 11.4 Å². The molecule has 5 heteroatoms. The van der Waals surface area contributed by atoms with Gasteiger partial charge in [-0.2, -0.15) is 0 Å². The molecule has 23 heavy (non-hydrogen) atoms. The summed E-state index contributed by atoms with van der Waals surface area (Å²) in [5, 5.41) is 8.26. The molecular weight excluding hydrogens is 583 g/mol. The number of benzene rings is 2. The van der Waals surface area contributed by atoms with Crippen molar-refractivity contribution in [2.24, 2.45) is 0 Å². The standard InChI is InChI=1S/2C9H12N.2BrH.Hf/c2*1-7-5-4-6-9(10-3)8(7)2;;;/h2*4-6H,1-3H3;2*1H;/q2*-1;;;+4/p-2. The Hall–Kier alpha value is -0.130. The Bertz CT molecular complexity index is 523. The first-order valence-corrected chi connectivity index (χ1v) is 6.83. The third-order valence-electron chi connectivity index (χ3n) is 3.63. The second-order valence-electron chi connectivity index (χ2n) is 4.89. The molecule has 0 aromatic heterocycles. The molecule has 0 saturated heterocycles. The van der Waals surface area contributed by atoms with Crippen LogP contribution < -0.4 is 34.0 Å². The molecule has 0 heterocycles. The van der Waals surface area contributed by atoms with E-state index in [4.69, 9.17) is 0 Å². The molecule has 124 valence electrons. The minimum absolute atomic E-state index is 0. The molecule has 0 saturated carbocycles. The van der Waals surface area contributed by atoms with Gasteiger partial charge in [0.1, 0.15) is 0 Å². The fourth-order valence-corrected chi connectivity index (χ4v) is 1.96. The minimum Gasteiger partial charge on any atom is -1.00 e. The fourth-order valence-electron chi connectivity index (χ4n) is 1.96. The van der Waals surface area contributed by atoms with E-state index in [-0.39, 0.29) is 59.8 Å². The maximum atomic E-state index is 4.13. The molecule has 2 aromatic rings. The Kier molecular flexibility index (Phi) is 17.1. The zero-order chi connectivity index (χ0) is 15.1. The molecule has 0 aliphatic rings. The van der Waals surface area contributed by atoms with Crippen LogP contribution in [0.15, 0.2) is 36.4 Å². The molecule has 0 aliphatic carbocycles. The molecule has 2 rings (SSSR count). The zero-order valence-electron chi connectivity index (χ0n) is 14.6. The molecule has 0 amide bonds. The van der Waals surface area contributed by atoms with Crippen molar-refractivity contribution < 1.29 is 59.8 Å². The number of rotatable bonds is 2. The number of aryl methyl sites for hydroxylation is 2. The molecule has 0 unspecified atom stereocenters. The first-order chi connectivity index (χ1) is 9.51. The second-order valence-corrected chi connectivity index (χ2v) is 4.89. The van der Waals surface area contributed by atoms with Crippen LogP contribution in [-0.4, -0.2) is 14.1 Å². The van der Waals surface area contributed by atoms with Gasteiger partial charge in [-0.15, -0.1) is 25.5 Å². The summed E-state index contributed by atoms with van der Waals surface area (Å²) < 4.78 is 0. The smallest absolute Gasteiger partial charge is 1.00 e. The molecule has 0 aliphatic heterocycles. The SMILES string of the molecule is C[N-]c1cccc(C)c1C.C[N-]c1cccc(C)c1C.[Br-].[Br-].[Hf+4]. The van der Waals surface area contributed by atoms with Crippen molar-refractivity contribution in [1.29, 1.82) is 0 Å². The van der Waals surface area contributed by atoms with E-state index in [1.54, 1.807) is 0 Å². The van der Waals surface area contributed by atoms with Crippen molar-refractivity contribution >= 4 is 11.4 Å². The summed E-state index contributed by atoms with van der Waals surface area (Å²) in [5.41, 5.74) is 7.38. The number of halogens is 2. The minimum atomic E-state index is 0. The van der Waals surface area contributed by atoms with Crippen molar-refractivity contribution in [3.05, 3.63) is 69.3 Å². The van der Waals surface area contributed by atoms with Gasteiger partial charge in [-0.3, -0.25) is 0 Å². The van der Waals surface area contributed by atoms with Crippen LogP contribution in [0.4, 0.5) is 11.4 Å². The molecule has 2 nitrogen and oxygen atoms in total. The van der Waals surface area contributed by atoms with Gasteiger partial charge in [0, 0.05) is 0 Å². The maximum absolute atomic E-state index is 4.13. The van der Waals surface area contributed by atoms with Gasteiger partial charge in [0.2, 0.25) is 0 Å². The molecule has 0 fully saturated rings. The number of hydrogen-bond acceptors (Lipinski definition) is 0. The van der Waals surface area contributed by atoms with Crippen LogP contribution in [-0.2, 0) is 25.8 Å². The van der Waals surface area contributed by atoms with E-state index >= 15 is 0 Å².